The number of allylic oxidation sites excluding steroid dienone is 9. The predicted molar refractivity (Wildman–Crippen MR) is 131 cm³/mol. The summed E-state index contributed by atoms with van der Waals surface area (Å²) in [5.41, 5.74) is 8.28. The standard InChI is InChI=1S/C27H31N3/c1-6-8-11-25(23(7-2)24-12-9-10-13-26(24)28-4)27-29-18-22(19-30(27)5)21-16-14-20(3)15-17-21/h6,8-9,11-12,14-19H,1,7,10,13H2,2-5H3/b11-8+,24-23+,27-25+,28-26-. The lowest BCUT2D eigenvalue weighted by Gasteiger charge is -2.25. The van der Waals surface area contributed by atoms with E-state index in [1.807, 2.05) is 25.4 Å². The van der Waals surface area contributed by atoms with E-state index in [9.17, 15) is 0 Å². The number of rotatable bonds is 5. The van der Waals surface area contributed by atoms with Gasteiger partial charge in [-0.25, -0.2) is 4.99 Å². The van der Waals surface area contributed by atoms with Gasteiger partial charge in [-0.3, -0.25) is 4.99 Å². The second-order valence-corrected chi connectivity index (χ2v) is 7.51. The number of nitrogens with zero attached hydrogens (tertiary/aromatic N) is 3. The van der Waals surface area contributed by atoms with Crippen molar-refractivity contribution in [3.05, 3.63) is 101 Å². The van der Waals surface area contributed by atoms with Crippen LogP contribution in [0.2, 0.25) is 0 Å². The van der Waals surface area contributed by atoms with Gasteiger partial charge in [0.15, 0.2) is 0 Å². The quantitative estimate of drug-likeness (QED) is 0.526. The van der Waals surface area contributed by atoms with Crippen molar-refractivity contribution in [2.24, 2.45) is 9.98 Å². The molecule has 0 radical (unpaired) electrons. The Bertz CT molecular complexity index is 1010. The van der Waals surface area contributed by atoms with Crippen LogP contribution in [0.1, 0.15) is 37.3 Å². The van der Waals surface area contributed by atoms with Crippen LogP contribution in [0.3, 0.4) is 0 Å². The zero-order chi connectivity index (χ0) is 21.5. The summed E-state index contributed by atoms with van der Waals surface area (Å²) in [4.78, 5) is 11.6. The average molecular weight is 398 g/mol. The molecule has 1 aliphatic heterocycles. The SMILES string of the molecule is C=C/C=C/C(=C1/N=CC(c2ccc(C)cc2)=CN1C)C(/CC)=C1\C=CCC\C1=N\C. The molecule has 0 saturated carbocycles. The minimum absolute atomic E-state index is 0.900. The van der Waals surface area contributed by atoms with E-state index >= 15 is 0 Å². The minimum Gasteiger partial charge on any atom is -0.335 e. The number of aliphatic imine (C=N–C) groups is 2. The maximum atomic E-state index is 4.89. The lowest BCUT2D eigenvalue weighted by atomic mass is 9.89. The van der Waals surface area contributed by atoms with Gasteiger partial charge < -0.3 is 4.90 Å². The minimum atomic E-state index is 0.900. The third-order valence-corrected chi connectivity index (χ3v) is 5.43. The Morgan fingerprint density at radius 3 is 2.67 bits per heavy atom. The molecular weight excluding hydrogens is 366 g/mol. The molecule has 3 heteroatoms. The lowest BCUT2D eigenvalue weighted by molar-refractivity contribution is 0.556. The summed E-state index contributed by atoms with van der Waals surface area (Å²) in [7, 11) is 3.95. The fraction of sp³-hybridized carbons (Fsp3) is 0.259. The number of hydrogen-bond donors (Lipinski definition) is 0. The van der Waals surface area contributed by atoms with Crippen molar-refractivity contribution in [2.45, 2.75) is 33.1 Å². The summed E-state index contributed by atoms with van der Waals surface area (Å²) in [6.45, 7) is 8.16. The largest absolute Gasteiger partial charge is 0.335 e. The highest BCUT2D eigenvalue weighted by Gasteiger charge is 2.20. The maximum absolute atomic E-state index is 4.89. The first-order valence-electron chi connectivity index (χ1n) is 10.5. The Morgan fingerprint density at radius 1 is 1.27 bits per heavy atom. The van der Waals surface area contributed by atoms with Crippen LogP contribution in [-0.4, -0.2) is 30.9 Å². The van der Waals surface area contributed by atoms with Gasteiger partial charge >= 0.3 is 0 Å². The second-order valence-electron chi connectivity index (χ2n) is 7.51. The molecule has 0 N–H and O–H groups in total. The average Bonchev–Trinajstić information content (AvgIpc) is 2.77. The summed E-state index contributed by atoms with van der Waals surface area (Å²) in [5.74, 6) is 0.933. The second kappa shape index (κ2) is 10.0. The van der Waals surface area contributed by atoms with Gasteiger partial charge in [0.05, 0.1) is 0 Å². The fourth-order valence-corrected chi connectivity index (χ4v) is 3.84. The van der Waals surface area contributed by atoms with Crippen molar-refractivity contribution in [3.63, 3.8) is 0 Å². The van der Waals surface area contributed by atoms with Gasteiger partial charge in [0.1, 0.15) is 5.82 Å². The first-order valence-corrected chi connectivity index (χ1v) is 10.5. The summed E-state index contributed by atoms with van der Waals surface area (Å²) in [5, 5.41) is 0. The molecule has 0 saturated heterocycles. The Balaban J connectivity index is 2.11. The molecule has 0 fully saturated rings. The molecule has 1 heterocycles. The molecule has 3 rings (SSSR count). The topological polar surface area (TPSA) is 28.0 Å². The van der Waals surface area contributed by atoms with Crippen molar-refractivity contribution in [3.8, 4) is 0 Å². The van der Waals surface area contributed by atoms with Gasteiger partial charge in [-0.2, -0.15) is 0 Å². The van der Waals surface area contributed by atoms with Crippen LogP contribution in [0, 0.1) is 6.92 Å². The van der Waals surface area contributed by atoms with E-state index in [1.54, 1.807) is 0 Å². The van der Waals surface area contributed by atoms with E-state index in [0.29, 0.717) is 0 Å². The van der Waals surface area contributed by atoms with Gasteiger partial charge in [-0.05, 0) is 42.9 Å². The fourth-order valence-electron chi connectivity index (χ4n) is 3.84. The van der Waals surface area contributed by atoms with Crippen LogP contribution in [0.5, 0.6) is 0 Å². The molecule has 30 heavy (non-hydrogen) atoms. The van der Waals surface area contributed by atoms with Gasteiger partial charge in [0.25, 0.3) is 0 Å². The Labute approximate surface area is 180 Å². The molecule has 1 aromatic carbocycles. The summed E-state index contributed by atoms with van der Waals surface area (Å²) in [6.07, 6.45) is 17.4. The first-order chi connectivity index (χ1) is 14.6. The molecule has 0 spiro atoms. The Hall–Kier alpha value is -3.20. The van der Waals surface area contributed by atoms with E-state index in [1.165, 1.54) is 22.3 Å². The van der Waals surface area contributed by atoms with Crippen LogP contribution >= 0.6 is 0 Å². The number of hydrogen-bond acceptors (Lipinski definition) is 3. The van der Waals surface area contributed by atoms with E-state index < -0.39 is 0 Å². The number of benzene rings is 1. The molecule has 0 amide bonds. The van der Waals surface area contributed by atoms with Crippen molar-refractivity contribution in [2.75, 3.05) is 14.1 Å². The Kier molecular flexibility index (Phi) is 7.18. The predicted octanol–water partition coefficient (Wildman–Crippen LogP) is 6.43. The van der Waals surface area contributed by atoms with Crippen LogP contribution in [0.15, 0.2) is 99.9 Å². The molecule has 0 aromatic heterocycles. The van der Waals surface area contributed by atoms with E-state index in [2.05, 4.69) is 86.1 Å². The maximum Gasteiger partial charge on any atom is 0.139 e. The molecule has 0 bridgehead atoms. The van der Waals surface area contributed by atoms with Gasteiger partial charge in [-0.1, -0.05) is 73.7 Å². The van der Waals surface area contributed by atoms with E-state index in [-0.39, 0.29) is 0 Å². The van der Waals surface area contributed by atoms with Crippen molar-refractivity contribution in [1.29, 1.82) is 0 Å². The first kappa shape index (κ1) is 21.5. The van der Waals surface area contributed by atoms with Crippen LogP contribution in [-0.2, 0) is 0 Å². The summed E-state index contributed by atoms with van der Waals surface area (Å²) >= 11 is 0. The van der Waals surface area contributed by atoms with Crippen molar-refractivity contribution < 1.29 is 0 Å². The lowest BCUT2D eigenvalue weighted by Crippen LogP contribution is -2.18. The van der Waals surface area contributed by atoms with Gasteiger partial charge in [0, 0.05) is 43.4 Å². The molecule has 1 aliphatic carbocycles. The highest BCUT2D eigenvalue weighted by Crippen LogP contribution is 2.31. The van der Waals surface area contributed by atoms with Crippen LogP contribution in [0.4, 0.5) is 0 Å². The van der Waals surface area contributed by atoms with Gasteiger partial charge in [0.2, 0.25) is 0 Å². The Morgan fingerprint density at radius 2 is 2.03 bits per heavy atom. The highest BCUT2D eigenvalue weighted by molar-refractivity contribution is 6.11. The smallest absolute Gasteiger partial charge is 0.139 e. The normalized spacial score (nSPS) is 21.3. The monoisotopic (exact) mass is 397 g/mol. The molecule has 0 atom stereocenters. The zero-order valence-electron chi connectivity index (χ0n) is 18.5. The van der Waals surface area contributed by atoms with Crippen LogP contribution in [0.25, 0.3) is 5.57 Å². The van der Waals surface area contributed by atoms with E-state index in [4.69, 9.17) is 4.99 Å². The molecule has 1 aromatic rings. The van der Waals surface area contributed by atoms with Crippen molar-refractivity contribution in [1.82, 2.24) is 4.90 Å². The highest BCUT2D eigenvalue weighted by atomic mass is 15.2. The molecule has 154 valence electrons. The van der Waals surface area contributed by atoms with Gasteiger partial charge in [-0.15, -0.1) is 0 Å². The summed E-state index contributed by atoms with van der Waals surface area (Å²) < 4.78 is 0. The third-order valence-electron chi connectivity index (χ3n) is 5.43. The third kappa shape index (κ3) is 4.68. The van der Waals surface area contributed by atoms with E-state index in [0.717, 1.165) is 41.9 Å². The molecule has 2 aliphatic rings. The molecule has 3 nitrogen and oxygen atoms in total. The summed E-state index contributed by atoms with van der Waals surface area (Å²) in [6, 6.07) is 8.55. The number of aryl methyl sites for hydroxylation is 1. The van der Waals surface area contributed by atoms with Crippen molar-refractivity contribution >= 4 is 17.5 Å². The zero-order valence-corrected chi connectivity index (χ0v) is 18.5. The molecular formula is C27H31N3. The molecule has 0 unspecified atom stereocenters. The van der Waals surface area contributed by atoms with Crippen LogP contribution < -0.4 is 0 Å².